The molecule has 0 radical (unpaired) electrons. The fourth-order valence-corrected chi connectivity index (χ4v) is 3.63. The van der Waals surface area contributed by atoms with Gasteiger partial charge in [-0.05, 0) is 28.9 Å². The van der Waals surface area contributed by atoms with E-state index >= 15 is 0 Å². The van der Waals surface area contributed by atoms with E-state index in [-0.39, 0.29) is 0 Å². The molecule has 5 aromatic rings. The van der Waals surface area contributed by atoms with Gasteiger partial charge in [0.2, 0.25) is 0 Å². The van der Waals surface area contributed by atoms with Crippen LogP contribution in [0.3, 0.4) is 0 Å². The van der Waals surface area contributed by atoms with Crippen molar-refractivity contribution in [2.75, 3.05) is 0 Å². The van der Waals surface area contributed by atoms with E-state index in [2.05, 4.69) is 60.4 Å². The lowest BCUT2D eigenvalue weighted by atomic mass is 10.0. The first-order chi connectivity index (χ1) is 12.2. The summed E-state index contributed by atoms with van der Waals surface area (Å²) < 4.78 is 8.47. The van der Waals surface area contributed by atoms with Crippen molar-refractivity contribution in [2.45, 2.75) is 6.92 Å². The van der Waals surface area contributed by atoms with Crippen molar-refractivity contribution in [3.63, 3.8) is 0 Å². The van der Waals surface area contributed by atoms with Gasteiger partial charge in [0, 0.05) is 22.2 Å². The number of aromatic nitrogens is 2. The summed E-state index contributed by atoms with van der Waals surface area (Å²) in [5, 5.41) is 4.61. The van der Waals surface area contributed by atoms with E-state index < -0.39 is 0 Å². The van der Waals surface area contributed by atoms with Crippen LogP contribution >= 0.6 is 0 Å². The number of benzene rings is 3. The van der Waals surface area contributed by atoms with Crippen molar-refractivity contribution >= 4 is 32.7 Å². The molecule has 2 aromatic heterocycles. The smallest absolute Gasteiger partial charge is 0.334 e. The van der Waals surface area contributed by atoms with E-state index in [9.17, 15) is 0 Å². The lowest BCUT2D eigenvalue weighted by Crippen LogP contribution is -2.31. The van der Waals surface area contributed by atoms with Crippen molar-refractivity contribution in [3.05, 3.63) is 72.6 Å². The SMILES string of the molecule is Cc1ccc2c(oc3c4ccccc4ccc23)c1-c1nccc[n+]1C. The first-order valence-corrected chi connectivity index (χ1v) is 8.38. The van der Waals surface area contributed by atoms with Crippen LogP contribution in [0.5, 0.6) is 0 Å². The molecule has 0 fully saturated rings. The molecule has 0 bridgehead atoms. The van der Waals surface area contributed by atoms with Crippen molar-refractivity contribution in [2.24, 2.45) is 7.05 Å². The maximum absolute atomic E-state index is 6.43. The van der Waals surface area contributed by atoms with Crippen LogP contribution in [-0.4, -0.2) is 4.98 Å². The Balaban J connectivity index is 1.98. The van der Waals surface area contributed by atoms with Crippen LogP contribution in [0, 0.1) is 6.92 Å². The van der Waals surface area contributed by atoms with Gasteiger partial charge in [-0.15, -0.1) is 0 Å². The van der Waals surface area contributed by atoms with Crippen LogP contribution in [0.2, 0.25) is 0 Å². The number of aryl methyl sites for hydroxylation is 2. The summed E-state index contributed by atoms with van der Waals surface area (Å²) in [6, 6.07) is 18.9. The quantitative estimate of drug-likeness (QED) is 0.409. The minimum Gasteiger partial charge on any atom is -0.454 e. The van der Waals surface area contributed by atoms with Crippen LogP contribution < -0.4 is 4.57 Å². The second-order valence-corrected chi connectivity index (χ2v) is 6.45. The Hall–Kier alpha value is -3.20. The maximum Gasteiger partial charge on any atom is 0.334 e. The Morgan fingerprint density at radius 2 is 1.64 bits per heavy atom. The summed E-state index contributed by atoms with van der Waals surface area (Å²) >= 11 is 0. The molecular formula is C22H17N2O+. The number of nitrogens with zero attached hydrogens (tertiary/aromatic N) is 2. The van der Waals surface area contributed by atoms with E-state index in [0.29, 0.717) is 0 Å². The zero-order chi connectivity index (χ0) is 17.0. The Labute approximate surface area is 145 Å². The minimum absolute atomic E-state index is 0.903. The Bertz CT molecular complexity index is 1270. The highest BCUT2D eigenvalue weighted by Gasteiger charge is 2.22. The molecule has 0 saturated carbocycles. The van der Waals surface area contributed by atoms with Gasteiger partial charge in [0.1, 0.15) is 17.3 Å². The maximum atomic E-state index is 6.43. The highest BCUT2D eigenvalue weighted by Crippen LogP contribution is 2.38. The Morgan fingerprint density at radius 1 is 0.840 bits per heavy atom. The zero-order valence-corrected chi connectivity index (χ0v) is 14.2. The molecule has 0 saturated heterocycles. The third kappa shape index (κ3) is 1.99. The molecule has 2 heterocycles. The molecular weight excluding hydrogens is 308 g/mol. The van der Waals surface area contributed by atoms with Crippen LogP contribution in [-0.2, 0) is 7.05 Å². The van der Waals surface area contributed by atoms with Gasteiger partial charge in [-0.25, -0.2) is 4.57 Å². The highest BCUT2D eigenvalue weighted by molar-refractivity contribution is 6.17. The number of hydrogen-bond donors (Lipinski definition) is 0. The molecule has 120 valence electrons. The largest absolute Gasteiger partial charge is 0.454 e. The van der Waals surface area contributed by atoms with Gasteiger partial charge < -0.3 is 4.42 Å². The molecule has 0 amide bonds. The molecule has 0 aliphatic carbocycles. The molecule has 3 aromatic carbocycles. The predicted octanol–water partition coefficient (Wildman–Crippen LogP) is 4.93. The molecule has 0 aliphatic rings. The average molecular weight is 325 g/mol. The second kappa shape index (κ2) is 5.15. The summed E-state index contributed by atoms with van der Waals surface area (Å²) in [7, 11) is 2.01. The third-order valence-corrected chi connectivity index (χ3v) is 4.89. The second-order valence-electron chi connectivity index (χ2n) is 6.45. The summed E-state index contributed by atoms with van der Waals surface area (Å²) in [6.07, 6.45) is 3.84. The molecule has 0 aliphatic heterocycles. The van der Waals surface area contributed by atoms with Gasteiger partial charge in [-0.3, -0.25) is 0 Å². The van der Waals surface area contributed by atoms with Crippen molar-refractivity contribution in [1.29, 1.82) is 0 Å². The van der Waals surface area contributed by atoms with E-state index in [0.717, 1.165) is 44.3 Å². The van der Waals surface area contributed by atoms with E-state index in [1.807, 2.05) is 30.1 Å². The van der Waals surface area contributed by atoms with Gasteiger partial charge in [0.15, 0.2) is 5.58 Å². The number of furan rings is 1. The van der Waals surface area contributed by atoms with Gasteiger partial charge in [0.05, 0.1) is 13.2 Å². The number of hydrogen-bond acceptors (Lipinski definition) is 2. The monoisotopic (exact) mass is 325 g/mol. The standard InChI is InChI=1S/C22H17N2O/c1-14-8-10-18-17-11-9-15-6-3-4-7-16(15)20(17)25-21(18)19(14)22-23-12-5-13-24(22)2/h3-13H,1-2H3/q+1. The molecule has 3 nitrogen and oxygen atoms in total. The van der Waals surface area contributed by atoms with Gasteiger partial charge >= 0.3 is 5.82 Å². The molecule has 25 heavy (non-hydrogen) atoms. The van der Waals surface area contributed by atoms with Crippen LogP contribution in [0.4, 0.5) is 0 Å². The van der Waals surface area contributed by atoms with E-state index in [1.54, 1.807) is 0 Å². The molecule has 0 atom stereocenters. The Kier molecular flexibility index (Phi) is 2.92. The van der Waals surface area contributed by atoms with Gasteiger partial charge in [-0.1, -0.05) is 42.5 Å². The summed E-state index contributed by atoms with van der Waals surface area (Å²) in [4.78, 5) is 4.59. The molecule has 5 rings (SSSR count). The Morgan fingerprint density at radius 3 is 2.52 bits per heavy atom. The predicted molar refractivity (Wildman–Crippen MR) is 100 cm³/mol. The van der Waals surface area contributed by atoms with Crippen molar-refractivity contribution < 1.29 is 8.98 Å². The van der Waals surface area contributed by atoms with Gasteiger partial charge in [-0.2, -0.15) is 0 Å². The summed E-state index contributed by atoms with van der Waals surface area (Å²) in [6.45, 7) is 2.11. The van der Waals surface area contributed by atoms with Crippen molar-refractivity contribution in [1.82, 2.24) is 4.98 Å². The lowest BCUT2D eigenvalue weighted by molar-refractivity contribution is -0.663. The fraction of sp³-hybridized carbons (Fsp3) is 0.0909. The number of rotatable bonds is 1. The molecule has 0 unspecified atom stereocenters. The van der Waals surface area contributed by atoms with E-state index in [1.165, 1.54) is 5.39 Å². The summed E-state index contributed by atoms with van der Waals surface area (Å²) in [5.74, 6) is 0.911. The molecule has 0 spiro atoms. The highest BCUT2D eigenvalue weighted by atomic mass is 16.3. The normalized spacial score (nSPS) is 11.6. The zero-order valence-electron chi connectivity index (χ0n) is 14.2. The topological polar surface area (TPSA) is 29.9 Å². The average Bonchev–Trinajstić information content (AvgIpc) is 3.01. The molecule has 0 N–H and O–H groups in total. The van der Waals surface area contributed by atoms with Crippen molar-refractivity contribution in [3.8, 4) is 11.4 Å². The first kappa shape index (κ1) is 14.2. The minimum atomic E-state index is 0.903. The van der Waals surface area contributed by atoms with Gasteiger partial charge in [0.25, 0.3) is 0 Å². The van der Waals surface area contributed by atoms with Crippen LogP contribution in [0.1, 0.15) is 5.56 Å². The summed E-state index contributed by atoms with van der Waals surface area (Å²) in [5.41, 5.74) is 4.06. The van der Waals surface area contributed by atoms with E-state index in [4.69, 9.17) is 4.42 Å². The first-order valence-electron chi connectivity index (χ1n) is 8.38. The molecule has 3 heteroatoms. The fourth-order valence-electron chi connectivity index (χ4n) is 3.63. The third-order valence-electron chi connectivity index (χ3n) is 4.89. The van der Waals surface area contributed by atoms with Crippen LogP contribution in [0.15, 0.2) is 71.4 Å². The van der Waals surface area contributed by atoms with Crippen LogP contribution in [0.25, 0.3) is 44.1 Å². The lowest BCUT2D eigenvalue weighted by Gasteiger charge is -2.03. The number of fused-ring (bicyclic) bond motifs is 5.